The van der Waals surface area contributed by atoms with Crippen molar-refractivity contribution in [3.05, 3.63) is 22.2 Å². The lowest BCUT2D eigenvalue weighted by Gasteiger charge is -2.21. The fourth-order valence-electron chi connectivity index (χ4n) is 1.96. The van der Waals surface area contributed by atoms with Crippen molar-refractivity contribution in [1.82, 2.24) is 0 Å². The molecule has 1 aliphatic rings. The van der Waals surface area contributed by atoms with E-state index in [4.69, 9.17) is 0 Å². The first kappa shape index (κ1) is 13.1. The van der Waals surface area contributed by atoms with Crippen LogP contribution in [0.2, 0.25) is 0 Å². The molecule has 2 rings (SSSR count). The second-order valence-corrected chi connectivity index (χ2v) is 5.26. The van der Waals surface area contributed by atoms with Crippen molar-refractivity contribution < 1.29 is 9.59 Å². The Morgan fingerprint density at radius 1 is 1.33 bits per heavy atom. The second kappa shape index (κ2) is 5.10. The lowest BCUT2D eigenvalue weighted by Crippen LogP contribution is -2.18. The zero-order valence-electron chi connectivity index (χ0n) is 10.4. The summed E-state index contributed by atoms with van der Waals surface area (Å²) in [5.41, 5.74) is 2.03. The van der Waals surface area contributed by atoms with E-state index in [-0.39, 0.29) is 0 Å². The minimum atomic E-state index is -0.551. The van der Waals surface area contributed by atoms with Gasteiger partial charge in [0, 0.05) is 18.1 Å². The number of nitrogens with one attached hydrogen (secondary N) is 1. The Morgan fingerprint density at radius 2 is 2.06 bits per heavy atom. The smallest absolute Gasteiger partial charge is 0.296 e. The average molecular weight is 311 g/mol. The maximum Gasteiger partial charge on any atom is 0.296 e. The highest BCUT2D eigenvalue weighted by Crippen LogP contribution is 2.34. The van der Waals surface area contributed by atoms with Crippen molar-refractivity contribution in [1.29, 1.82) is 0 Å². The van der Waals surface area contributed by atoms with Gasteiger partial charge in [-0.2, -0.15) is 0 Å². The molecule has 0 radical (unpaired) electrons. The summed E-state index contributed by atoms with van der Waals surface area (Å²) >= 11 is 3.46. The highest BCUT2D eigenvalue weighted by atomic mass is 79.9. The minimum Gasteiger partial charge on any atom is -0.374 e. The number of rotatable bonds is 4. The van der Waals surface area contributed by atoms with Crippen molar-refractivity contribution in [3.63, 3.8) is 0 Å². The largest absolute Gasteiger partial charge is 0.374 e. The zero-order valence-corrected chi connectivity index (χ0v) is 12.0. The molecular weight excluding hydrogens is 296 g/mol. The molecule has 0 saturated heterocycles. The lowest BCUT2D eigenvalue weighted by atomic mass is 10.1. The number of amides is 1. The molecule has 0 aromatic heterocycles. The molecule has 0 spiro atoms. The van der Waals surface area contributed by atoms with Gasteiger partial charge in [-0.05, 0) is 34.5 Å². The van der Waals surface area contributed by atoms with Crippen LogP contribution in [0.5, 0.6) is 0 Å². The van der Waals surface area contributed by atoms with Gasteiger partial charge >= 0.3 is 0 Å². The molecule has 1 heterocycles. The van der Waals surface area contributed by atoms with Crippen LogP contribution >= 0.6 is 15.9 Å². The average Bonchev–Trinajstić information content (AvgIpc) is 2.62. The van der Waals surface area contributed by atoms with Crippen LogP contribution in [0.1, 0.15) is 30.1 Å². The molecule has 0 saturated carbocycles. The first-order chi connectivity index (χ1) is 8.54. The summed E-state index contributed by atoms with van der Waals surface area (Å²) in [7, 11) is 2.00. The summed E-state index contributed by atoms with van der Waals surface area (Å²) < 4.78 is 0.838. The fourth-order valence-corrected chi connectivity index (χ4v) is 2.61. The second-order valence-electron chi connectivity index (χ2n) is 4.41. The van der Waals surface area contributed by atoms with Crippen molar-refractivity contribution in [2.45, 2.75) is 19.8 Å². The third-order valence-electron chi connectivity index (χ3n) is 3.04. The van der Waals surface area contributed by atoms with E-state index in [1.165, 1.54) is 0 Å². The summed E-state index contributed by atoms with van der Waals surface area (Å²) in [5, 5.41) is 2.59. The summed E-state index contributed by atoms with van der Waals surface area (Å²) in [4.78, 5) is 25.0. The predicted octanol–water partition coefficient (Wildman–Crippen LogP) is 2.82. The number of hydrogen-bond acceptors (Lipinski definition) is 3. The molecule has 1 aromatic carbocycles. The van der Waals surface area contributed by atoms with E-state index in [0.717, 1.165) is 29.5 Å². The molecule has 1 amide bonds. The molecule has 18 heavy (non-hydrogen) atoms. The Hall–Kier alpha value is -1.36. The summed E-state index contributed by atoms with van der Waals surface area (Å²) in [6, 6.07) is 3.56. The molecule has 0 atom stereocenters. The first-order valence-electron chi connectivity index (χ1n) is 5.95. The van der Waals surface area contributed by atoms with Crippen LogP contribution in [-0.4, -0.2) is 25.3 Å². The van der Waals surface area contributed by atoms with Gasteiger partial charge in [0.05, 0.1) is 16.9 Å². The van der Waals surface area contributed by atoms with Crippen molar-refractivity contribution in [2.24, 2.45) is 0 Å². The van der Waals surface area contributed by atoms with Gasteiger partial charge in [-0.3, -0.25) is 9.59 Å². The summed E-state index contributed by atoms with van der Waals surface area (Å²) in [6.45, 7) is 3.08. The van der Waals surface area contributed by atoms with Gasteiger partial charge in [-0.15, -0.1) is 0 Å². The van der Waals surface area contributed by atoms with Gasteiger partial charge in [0.2, 0.25) is 0 Å². The van der Waals surface area contributed by atoms with E-state index in [0.29, 0.717) is 11.3 Å². The van der Waals surface area contributed by atoms with Crippen LogP contribution in [0.25, 0.3) is 0 Å². The van der Waals surface area contributed by atoms with Crippen LogP contribution < -0.4 is 10.2 Å². The Morgan fingerprint density at radius 3 is 2.72 bits per heavy atom. The number of carbonyl (C=O) groups is 2. The predicted molar refractivity (Wildman–Crippen MR) is 75.3 cm³/mol. The first-order valence-corrected chi connectivity index (χ1v) is 6.74. The van der Waals surface area contributed by atoms with E-state index < -0.39 is 11.7 Å². The fraction of sp³-hybridized carbons (Fsp3) is 0.385. The summed E-state index contributed by atoms with van der Waals surface area (Å²) in [6.07, 6.45) is 2.23. The van der Waals surface area contributed by atoms with E-state index in [2.05, 4.69) is 33.1 Å². The third-order valence-corrected chi connectivity index (χ3v) is 3.68. The van der Waals surface area contributed by atoms with Gasteiger partial charge in [0.1, 0.15) is 0 Å². The van der Waals surface area contributed by atoms with Crippen LogP contribution in [0.3, 0.4) is 0 Å². The number of nitrogens with zero attached hydrogens (tertiary/aromatic N) is 1. The molecule has 96 valence electrons. The Kier molecular flexibility index (Phi) is 3.71. The van der Waals surface area contributed by atoms with Gasteiger partial charge in [-0.1, -0.05) is 13.3 Å². The molecule has 0 fully saturated rings. The third kappa shape index (κ3) is 2.27. The molecule has 1 N–H and O–H groups in total. The monoisotopic (exact) mass is 310 g/mol. The Bertz CT molecular complexity index is 514. The van der Waals surface area contributed by atoms with Crippen LogP contribution in [0.15, 0.2) is 16.6 Å². The number of benzene rings is 1. The van der Waals surface area contributed by atoms with Crippen LogP contribution in [0.4, 0.5) is 11.4 Å². The van der Waals surface area contributed by atoms with Crippen LogP contribution in [-0.2, 0) is 4.79 Å². The van der Waals surface area contributed by atoms with Crippen molar-refractivity contribution in [2.75, 3.05) is 23.8 Å². The van der Waals surface area contributed by atoms with E-state index in [1.807, 2.05) is 13.1 Å². The van der Waals surface area contributed by atoms with E-state index in [9.17, 15) is 9.59 Å². The van der Waals surface area contributed by atoms with Gasteiger partial charge in [0.25, 0.3) is 11.7 Å². The Labute approximate surface area is 114 Å². The summed E-state index contributed by atoms with van der Waals surface area (Å²) in [5.74, 6) is -1.02. The number of carbonyl (C=O) groups excluding carboxylic acids is 2. The zero-order chi connectivity index (χ0) is 13.3. The number of halogens is 1. The molecule has 4 nitrogen and oxygen atoms in total. The van der Waals surface area contributed by atoms with E-state index in [1.54, 1.807) is 6.07 Å². The van der Waals surface area contributed by atoms with E-state index >= 15 is 0 Å². The van der Waals surface area contributed by atoms with Crippen molar-refractivity contribution >= 4 is 39.0 Å². The van der Waals surface area contributed by atoms with Gasteiger partial charge in [0.15, 0.2) is 0 Å². The van der Waals surface area contributed by atoms with Gasteiger partial charge < -0.3 is 10.2 Å². The SMILES string of the molecule is CCCCN(C)c1cc2c(cc1Br)C(=O)C(=O)N2. The van der Waals surface area contributed by atoms with Crippen LogP contribution in [0, 0.1) is 0 Å². The normalized spacial score (nSPS) is 13.5. The molecule has 0 unspecified atom stereocenters. The number of fused-ring (bicyclic) bond motifs is 1. The maximum absolute atomic E-state index is 11.6. The molecule has 0 aliphatic carbocycles. The number of unbranched alkanes of at least 4 members (excludes halogenated alkanes) is 1. The highest BCUT2D eigenvalue weighted by Gasteiger charge is 2.29. The molecule has 5 heteroatoms. The topological polar surface area (TPSA) is 49.4 Å². The molecule has 0 bridgehead atoms. The Balaban J connectivity index is 2.32. The molecule has 1 aromatic rings. The van der Waals surface area contributed by atoms with Gasteiger partial charge in [-0.25, -0.2) is 0 Å². The minimum absolute atomic E-state index is 0.444. The molecular formula is C13H15BrN2O2. The maximum atomic E-state index is 11.6. The number of hydrogen-bond donors (Lipinski definition) is 1. The number of anilines is 2. The quantitative estimate of drug-likeness (QED) is 0.870. The number of Topliss-reactive ketones (excluding diaryl/α,β-unsaturated/α-hetero) is 1. The lowest BCUT2D eigenvalue weighted by molar-refractivity contribution is -0.112. The molecule has 1 aliphatic heterocycles. The van der Waals surface area contributed by atoms with Crippen molar-refractivity contribution in [3.8, 4) is 0 Å². The standard InChI is InChI=1S/C13H15BrN2O2/c1-3-4-5-16(2)11-7-10-8(6-9(11)14)12(17)13(18)15-10/h6-7H,3-5H2,1-2H3,(H,15,17,18). The highest BCUT2D eigenvalue weighted by molar-refractivity contribution is 9.10. The number of ketones is 1.